The molecule has 1 aliphatic rings. The third-order valence-corrected chi connectivity index (χ3v) is 4.33. The van der Waals surface area contributed by atoms with Crippen molar-refractivity contribution in [2.75, 3.05) is 11.9 Å². The molecule has 0 unspecified atom stereocenters. The van der Waals surface area contributed by atoms with Crippen LogP contribution in [0.4, 0.5) is 5.69 Å². The molecule has 0 bridgehead atoms. The van der Waals surface area contributed by atoms with Gasteiger partial charge >= 0.3 is 0 Å². The molecule has 24 heavy (non-hydrogen) atoms. The standard InChI is InChI=1S/C16H16Cl2N4O2/c1-21-9-13(8-19-21)20-15(23)14-3-2-4-22(14)16(24)10-5-11(17)7-12(18)6-10/h5-9,14H,2-4H2,1H3,(H,20,23)/t14-/m0/s1. The molecule has 8 heteroatoms. The number of benzene rings is 1. The second-order valence-electron chi connectivity index (χ2n) is 5.71. The van der Waals surface area contributed by atoms with Crippen molar-refractivity contribution < 1.29 is 9.59 Å². The number of anilines is 1. The van der Waals surface area contributed by atoms with Crippen LogP contribution in [0.1, 0.15) is 23.2 Å². The number of hydrogen-bond acceptors (Lipinski definition) is 3. The van der Waals surface area contributed by atoms with Gasteiger partial charge < -0.3 is 10.2 Å². The van der Waals surface area contributed by atoms with E-state index in [1.165, 1.54) is 0 Å². The topological polar surface area (TPSA) is 67.2 Å². The Bertz CT molecular complexity index is 770. The maximum absolute atomic E-state index is 12.7. The number of aromatic nitrogens is 2. The van der Waals surface area contributed by atoms with E-state index in [0.29, 0.717) is 34.3 Å². The summed E-state index contributed by atoms with van der Waals surface area (Å²) < 4.78 is 1.60. The van der Waals surface area contributed by atoms with Gasteiger partial charge in [0.25, 0.3) is 5.91 Å². The van der Waals surface area contributed by atoms with Gasteiger partial charge in [-0.2, -0.15) is 5.10 Å². The molecule has 0 aliphatic carbocycles. The van der Waals surface area contributed by atoms with Crippen molar-refractivity contribution in [3.63, 3.8) is 0 Å². The molecule has 0 spiro atoms. The molecule has 1 aliphatic heterocycles. The van der Waals surface area contributed by atoms with Crippen LogP contribution in [-0.2, 0) is 11.8 Å². The number of amides is 2. The summed E-state index contributed by atoms with van der Waals surface area (Å²) in [7, 11) is 1.77. The maximum atomic E-state index is 12.7. The Hall–Kier alpha value is -2.05. The zero-order valence-electron chi connectivity index (χ0n) is 13.0. The van der Waals surface area contributed by atoms with Gasteiger partial charge in [-0.3, -0.25) is 14.3 Å². The van der Waals surface area contributed by atoms with Crippen LogP contribution < -0.4 is 5.32 Å². The van der Waals surface area contributed by atoms with Crippen molar-refractivity contribution in [1.82, 2.24) is 14.7 Å². The Balaban J connectivity index is 1.77. The summed E-state index contributed by atoms with van der Waals surface area (Å²) in [4.78, 5) is 26.8. The highest BCUT2D eigenvalue weighted by Crippen LogP contribution is 2.25. The number of halogens is 2. The molecule has 0 radical (unpaired) electrons. The van der Waals surface area contributed by atoms with Crippen LogP contribution >= 0.6 is 23.2 Å². The monoisotopic (exact) mass is 366 g/mol. The van der Waals surface area contributed by atoms with Gasteiger partial charge in [0.1, 0.15) is 6.04 Å². The normalized spacial score (nSPS) is 17.1. The summed E-state index contributed by atoms with van der Waals surface area (Å²) in [6.07, 6.45) is 4.66. The van der Waals surface area contributed by atoms with E-state index in [2.05, 4.69) is 10.4 Å². The van der Waals surface area contributed by atoms with Crippen LogP contribution in [-0.4, -0.2) is 39.1 Å². The summed E-state index contributed by atoms with van der Waals surface area (Å²) in [5, 5.41) is 7.59. The highest BCUT2D eigenvalue weighted by atomic mass is 35.5. The minimum Gasteiger partial charge on any atom is -0.327 e. The largest absolute Gasteiger partial charge is 0.327 e. The van der Waals surface area contributed by atoms with Crippen LogP contribution in [0, 0.1) is 0 Å². The molecule has 126 valence electrons. The summed E-state index contributed by atoms with van der Waals surface area (Å²) >= 11 is 11.9. The van der Waals surface area contributed by atoms with E-state index in [4.69, 9.17) is 23.2 Å². The fourth-order valence-electron chi connectivity index (χ4n) is 2.84. The first kappa shape index (κ1) is 16.8. The lowest BCUT2D eigenvalue weighted by molar-refractivity contribution is -0.119. The third-order valence-electron chi connectivity index (χ3n) is 3.90. The molecule has 1 fully saturated rings. The van der Waals surface area contributed by atoms with Crippen molar-refractivity contribution in [3.8, 4) is 0 Å². The molecule has 1 atom stereocenters. The number of likely N-dealkylation sites (tertiary alicyclic amines) is 1. The van der Waals surface area contributed by atoms with Gasteiger partial charge in [-0.25, -0.2) is 0 Å². The number of nitrogens with zero attached hydrogens (tertiary/aromatic N) is 3. The zero-order valence-corrected chi connectivity index (χ0v) is 14.5. The second kappa shape index (κ2) is 6.83. The van der Waals surface area contributed by atoms with E-state index >= 15 is 0 Å². The Morgan fingerprint density at radius 3 is 2.58 bits per heavy atom. The minimum absolute atomic E-state index is 0.220. The summed E-state index contributed by atoms with van der Waals surface area (Å²) in [6, 6.07) is 4.17. The highest BCUT2D eigenvalue weighted by Gasteiger charge is 2.34. The number of aryl methyl sites for hydroxylation is 1. The SMILES string of the molecule is Cn1cc(NC(=O)[C@@H]2CCCN2C(=O)c2cc(Cl)cc(Cl)c2)cn1. The van der Waals surface area contributed by atoms with Crippen LogP contribution in [0.5, 0.6) is 0 Å². The first-order chi connectivity index (χ1) is 11.4. The quantitative estimate of drug-likeness (QED) is 0.907. The van der Waals surface area contributed by atoms with E-state index in [9.17, 15) is 9.59 Å². The molecule has 0 saturated carbocycles. The first-order valence-electron chi connectivity index (χ1n) is 7.50. The first-order valence-corrected chi connectivity index (χ1v) is 8.26. The van der Waals surface area contributed by atoms with Crippen LogP contribution in [0.15, 0.2) is 30.6 Å². The average molecular weight is 367 g/mol. The fourth-order valence-corrected chi connectivity index (χ4v) is 3.36. The maximum Gasteiger partial charge on any atom is 0.254 e. The molecule has 2 amide bonds. The Morgan fingerprint density at radius 2 is 1.96 bits per heavy atom. The van der Waals surface area contributed by atoms with E-state index in [1.54, 1.807) is 47.2 Å². The summed E-state index contributed by atoms with van der Waals surface area (Å²) in [5.41, 5.74) is 0.987. The van der Waals surface area contributed by atoms with Gasteiger partial charge in [-0.05, 0) is 31.0 Å². The zero-order chi connectivity index (χ0) is 17.3. The van der Waals surface area contributed by atoms with Crippen molar-refractivity contribution >= 4 is 40.7 Å². The van der Waals surface area contributed by atoms with Gasteiger partial charge in [-0.15, -0.1) is 0 Å². The summed E-state index contributed by atoms with van der Waals surface area (Å²) in [5.74, 6) is -0.467. The van der Waals surface area contributed by atoms with Gasteiger partial charge in [0.15, 0.2) is 0 Å². The molecule has 1 aromatic carbocycles. The number of hydrogen-bond donors (Lipinski definition) is 1. The lowest BCUT2D eigenvalue weighted by Crippen LogP contribution is -2.43. The minimum atomic E-state index is -0.518. The Kier molecular flexibility index (Phi) is 4.78. The van der Waals surface area contributed by atoms with Gasteiger partial charge in [-0.1, -0.05) is 23.2 Å². The van der Waals surface area contributed by atoms with Gasteiger partial charge in [0.05, 0.1) is 11.9 Å². The molecule has 6 nitrogen and oxygen atoms in total. The smallest absolute Gasteiger partial charge is 0.254 e. The third kappa shape index (κ3) is 3.55. The Labute approximate surface area is 149 Å². The van der Waals surface area contributed by atoms with Crippen molar-refractivity contribution in [2.45, 2.75) is 18.9 Å². The van der Waals surface area contributed by atoms with Crippen molar-refractivity contribution in [1.29, 1.82) is 0 Å². The predicted molar refractivity (Wildman–Crippen MR) is 92.4 cm³/mol. The number of carbonyl (C=O) groups is 2. The van der Waals surface area contributed by atoms with Crippen LogP contribution in [0.3, 0.4) is 0 Å². The summed E-state index contributed by atoms with van der Waals surface area (Å²) in [6.45, 7) is 0.522. The molecular weight excluding hydrogens is 351 g/mol. The lowest BCUT2D eigenvalue weighted by atomic mass is 10.1. The van der Waals surface area contributed by atoms with Crippen LogP contribution in [0.25, 0.3) is 0 Å². The Morgan fingerprint density at radius 1 is 1.25 bits per heavy atom. The molecule has 2 aromatic rings. The van der Waals surface area contributed by atoms with E-state index in [1.807, 2.05) is 0 Å². The molecule has 1 N–H and O–H groups in total. The number of nitrogens with one attached hydrogen (secondary N) is 1. The van der Waals surface area contributed by atoms with E-state index in [0.717, 1.165) is 6.42 Å². The molecule has 3 rings (SSSR count). The second-order valence-corrected chi connectivity index (χ2v) is 6.58. The van der Waals surface area contributed by atoms with Crippen LogP contribution in [0.2, 0.25) is 10.0 Å². The number of rotatable bonds is 3. The van der Waals surface area contributed by atoms with Gasteiger partial charge in [0.2, 0.25) is 5.91 Å². The average Bonchev–Trinajstić information content (AvgIpc) is 3.14. The van der Waals surface area contributed by atoms with E-state index < -0.39 is 6.04 Å². The number of carbonyl (C=O) groups excluding carboxylic acids is 2. The lowest BCUT2D eigenvalue weighted by Gasteiger charge is -2.24. The predicted octanol–water partition coefficient (Wildman–Crippen LogP) is 2.97. The molecule has 1 aromatic heterocycles. The molecule has 2 heterocycles. The van der Waals surface area contributed by atoms with Crippen molar-refractivity contribution in [2.24, 2.45) is 7.05 Å². The highest BCUT2D eigenvalue weighted by molar-refractivity contribution is 6.35. The van der Waals surface area contributed by atoms with E-state index in [-0.39, 0.29) is 11.8 Å². The van der Waals surface area contributed by atoms with Crippen molar-refractivity contribution in [3.05, 3.63) is 46.2 Å². The molecular formula is C16H16Cl2N4O2. The fraction of sp³-hybridized carbons (Fsp3) is 0.312. The van der Waals surface area contributed by atoms with Gasteiger partial charge in [0, 0.05) is 35.4 Å². The molecule has 1 saturated heterocycles.